The molecule has 0 fully saturated rings. The van der Waals surface area contributed by atoms with E-state index in [-0.39, 0.29) is 11.9 Å². The van der Waals surface area contributed by atoms with E-state index in [0.717, 1.165) is 11.3 Å². The number of aromatic nitrogens is 2. The van der Waals surface area contributed by atoms with Crippen LogP contribution in [0.2, 0.25) is 0 Å². The lowest BCUT2D eigenvalue weighted by Gasteiger charge is -2.29. The van der Waals surface area contributed by atoms with Gasteiger partial charge >= 0.3 is 0 Å². The van der Waals surface area contributed by atoms with Gasteiger partial charge in [0.25, 0.3) is 0 Å². The molecule has 2 heterocycles. The minimum absolute atomic E-state index is 0.248. The molecule has 1 aromatic carbocycles. The molecular formula is C14H15FN2O2. The number of nitrogens with zero attached hydrogens (tertiary/aromatic N) is 2. The van der Waals surface area contributed by atoms with Crippen molar-refractivity contribution in [3.63, 3.8) is 0 Å². The van der Waals surface area contributed by atoms with Gasteiger partial charge in [-0.2, -0.15) is 5.10 Å². The van der Waals surface area contributed by atoms with Crippen LogP contribution < -0.4 is 4.74 Å². The van der Waals surface area contributed by atoms with Gasteiger partial charge < -0.3 is 9.84 Å². The first kappa shape index (κ1) is 12.2. The first-order chi connectivity index (χ1) is 9.06. The molecule has 0 bridgehead atoms. The van der Waals surface area contributed by atoms with E-state index >= 15 is 0 Å². The Morgan fingerprint density at radius 2 is 2.21 bits per heavy atom. The van der Waals surface area contributed by atoms with E-state index in [1.54, 1.807) is 16.9 Å². The Bertz CT molecular complexity index is 624. The Morgan fingerprint density at radius 1 is 1.42 bits per heavy atom. The van der Waals surface area contributed by atoms with Crippen LogP contribution in [0.3, 0.4) is 0 Å². The molecule has 2 atom stereocenters. The Labute approximate surface area is 110 Å². The molecule has 0 amide bonds. The molecule has 3 rings (SSSR count). The maximum atomic E-state index is 13.2. The zero-order valence-corrected chi connectivity index (χ0v) is 10.8. The summed E-state index contributed by atoms with van der Waals surface area (Å²) in [7, 11) is 1.86. The van der Waals surface area contributed by atoms with Crippen LogP contribution in [-0.4, -0.2) is 14.9 Å². The number of halogens is 1. The van der Waals surface area contributed by atoms with Gasteiger partial charge in [-0.15, -0.1) is 0 Å². The molecule has 0 saturated carbocycles. The lowest BCUT2D eigenvalue weighted by atomic mass is 9.95. The second kappa shape index (κ2) is 4.35. The maximum absolute atomic E-state index is 13.2. The Kier molecular flexibility index (Phi) is 2.78. The van der Waals surface area contributed by atoms with E-state index in [1.807, 2.05) is 14.0 Å². The second-order valence-corrected chi connectivity index (χ2v) is 4.85. The van der Waals surface area contributed by atoms with Gasteiger partial charge in [-0.3, -0.25) is 4.68 Å². The predicted octanol–water partition coefficient (Wildman–Crippen LogP) is 2.42. The van der Waals surface area contributed by atoms with Crippen molar-refractivity contribution in [2.75, 3.05) is 0 Å². The van der Waals surface area contributed by atoms with Crippen molar-refractivity contribution < 1.29 is 14.2 Å². The van der Waals surface area contributed by atoms with E-state index in [9.17, 15) is 9.50 Å². The Hall–Kier alpha value is -1.88. The molecule has 1 unspecified atom stereocenters. The molecule has 2 aromatic rings. The van der Waals surface area contributed by atoms with Crippen molar-refractivity contribution in [2.24, 2.45) is 7.05 Å². The summed E-state index contributed by atoms with van der Waals surface area (Å²) in [6, 6.07) is 4.22. The van der Waals surface area contributed by atoms with Gasteiger partial charge in [0.15, 0.2) is 0 Å². The summed E-state index contributed by atoms with van der Waals surface area (Å²) < 4.78 is 20.8. The largest absolute Gasteiger partial charge is 0.485 e. The highest BCUT2D eigenvalue weighted by atomic mass is 19.1. The Morgan fingerprint density at radius 3 is 2.89 bits per heavy atom. The van der Waals surface area contributed by atoms with Gasteiger partial charge in [-0.25, -0.2) is 4.39 Å². The van der Waals surface area contributed by atoms with E-state index in [0.29, 0.717) is 17.7 Å². The summed E-state index contributed by atoms with van der Waals surface area (Å²) in [6.45, 7) is 1.96. The molecular weight excluding hydrogens is 247 g/mol. The quantitative estimate of drug-likeness (QED) is 0.858. The molecule has 19 heavy (non-hydrogen) atoms. The molecule has 1 aromatic heterocycles. The number of aryl methyl sites for hydroxylation is 1. The fourth-order valence-corrected chi connectivity index (χ4v) is 2.44. The number of rotatable bonds is 1. The van der Waals surface area contributed by atoms with Crippen molar-refractivity contribution in [1.82, 2.24) is 9.78 Å². The predicted molar refractivity (Wildman–Crippen MR) is 67.3 cm³/mol. The number of hydrogen-bond donors (Lipinski definition) is 1. The fraction of sp³-hybridized carbons (Fsp3) is 0.357. The average Bonchev–Trinajstić information content (AvgIpc) is 2.71. The standard InChI is InChI=1S/C14H15FN2O2/c1-8-11(7-16-17(8)2)14-6-12(18)10-5-9(15)3-4-13(10)19-14/h3-5,7,12,14,18H,6H2,1-2H3/t12-,14?/m0/s1. The van der Waals surface area contributed by atoms with E-state index in [1.165, 1.54) is 12.1 Å². The molecule has 0 aliphatic carbocycles. The average molecular weight is 262 g/mol. The molecule has 1 aliphatic heterocycles. The van der Waals surface area contributed by atoms with Gasteiger partial charge in [-0.1, -0.05) is 0 Å². The highest BCUT2D eigenvalue weighted by molar-refractivity contribution is 5.39. The topological polar surface area (TPSA) is 47.3 Å². The SMILES string of the molecule is Cc1c(C2C[C@H](O)c3cc(F)ccc3O2)cnn1C. The second-order valence-electron chi connectivity index (χ2n) is 4.85. The van der Waals surface area contributed by atoms with Crippen LogP contribution in [-0.2, 0) is 7.05 Å². The molecule has 1 aliphatic rings. The van der Waals surface area contributed by atoms with Crippen molar-refractivity contribution in [1.29, 1.82) is 0 Å². The number of hydrogen-bond acceptors (Lipinski definition) is 3. The molecule has 4 nitrogen and oxygen atoms in total. The van der Waals surface area contributed by atoms with Crippen molar-refractivity contribution in [2.45, 2.75) is 25.6 Å². The first-order valence-corrected chi connectivity index (χ1v) is 6.19. The molecule has 0 radical (unpaired) electrons. The molecule has 100 valence electrons. The van der Waals surface area contributed by atoms with E-state index < -0.39 is 6.10 Å². The molecule has 1 N–H and O–H groups in total. The zero-order valence-electron chi connectivity index (χ0n) is 10.8. The van der Waals surface area contributed by atoms with Gasteiger partial charge in [0.2, 0.25) is 0 Å². The Balaban J connectivity index is 1.97. The molecule has 0 spiro atoms. The van der Waals surface area contributed by atoms with Crippen molar-refractivity contribution in [3.05, 3.63) is 47.0 Å². The third-order valence-electron chi connectivity index (χ3n) is 3.66. The van der Waals surface area contributed by atoms with Crippen molar-refractivity contribution >= 4 is 0 Å². The maximum Gasteiger partial charge on any atom is 0.130 e. The zero-order chi connectivity index (χ0) is 13.6. The molecule has 0 saturated heterocycles. The van der Waals surface area contributed by atoms with Gasteiger partial charge in [0.05, 0.1) is 12.3 Å². The monoisotopic (exact) mass is 262 g/mol. The summed E-state index contributed by atoms with van der Waals surface area (Å²) in [5.74, 6) is 0.172. The lowest BCUT2D eigenvalue weighted by molar-refractivity contribution is 0.0650. The van der Waals surface area contributed by atoms with Crippen LogP contribution in [0.5, 0.6) is 5.75 Å². The third kappa shape index (κ3) is 2.00. The van der Waals surface area contributed by atoms with Crippen LogP contribution in [0.1, 0.15) is 35.4 Å². The van der Waals surface area contributed by atoms with Crippen LogP contribution in [0.15, 0.2) is 24.4 Å². The minimum Gasteiger partial charge on any atom is -0.485 e. The minimum atomic E-state index is -0.718. The smallest absolute Gasteiger partial charge is 0.130 e. The van der Waals surface area contributed by atoms with Crippen molar-refractivity contribution in [3.8, 4) is 5.75 Å². The summed E-state index contributed by atoms with van der Waals surface area (Å²) >= 11 is 0. The molecule has 5 heteroatoms. The summed E-state index contributed by atoms with van der Waals surface area (Å²) in [5, 5.41) is 14.3. The van der Waals surface area contributed by atoms with Crippen LogP contribution >= 0.6 is 0 Å². The first-order valence-electron chi connectivity index (χ1n) is 6.19. The highest BCUT2D eigenvalue weighted by Gasteiger charge is 2.30. The lowest BCUT2D eigenvalue weighted by Crippen LogP contribution is -2.19. The van der Waals surface area contributed by atoms with Gasteiger partial charge in [0, 0.05) is 30.3 Å². The fourth-order valence-electron chi connectivity index (χ4n) is 2.44. The highest BCUT2D eigenvalue weighted by Crippen LogP contribution is 2.41. The van der Waals surface area contributed by atoms with Crippen LogP contribution in [0.4, 0.5) is 4.39 Å². The summed E-state index contributed by atoms with van der Waals surface area (Å²) in [6.07, 6.45) is 1.19. The number of aliphatic hydroxyl groups excluding tert-OH is 1. The number of benzene rings is 1. The van der Waals surface area contributed by atoms with Gasteiger partial charge in [-0.05, 0) is 25.1 Å². The van der Waals surface area contributed by atoms with E-state index in [2.05, 4.69) is 5.10 Å². The van der Waals surface area contributed by atoms with Crippen LogP contribution in [0.25, 0.3) is 0 Å². The van der Waals surface area contributed by atoms with E-state index in [4.69, 9.17) is 4.74 Å². The number of aliphatic hydroxyl groups is 1. The third-order valence-corrected chi connectivity index (χ3v) is 3.66. The van der Waals surface area contributed by atoms with Crippen LogP contribution in [0, 0.1) is 12.7 Å². The summed E-state index contributed by atoms with van der Waals surface area (Å²) in [4.78, 5) is 0. The number of ether oxygens (including phenoxy) is 1. The number of fused-ring (bicyclic) bond motifs is 1. The normalized spacial score (nSPS) is 21.9. The van der Waals surface area contributed by atoms with Gasteiger partial charge in [0.1, 0.15) is 17.7 Å². The summed E-state index contributed by atoms with van der Waals surface area (Å²) in [5.41, 5.74) is 2.47.